The van der Waals surface area contributed by atoms with Gasteiger partial charge in [-0.15, -0.1) is 0 Å². The highest BCUT2D eigenvalue weighted by Crippen LogP contribution is 2.19. The average Bonchev–Trinajstić information content (AvgIpc) is 3.09. The van der Waals surface area contributed by atoms with Gasteiger partial charge in [0.1, 0.15) is 17.3 Å². The molecular weight excluding hydrogens is 298 g/mol. The topological polar surface area (TPSA) is 32.3 Å². The molecule has 0 aliphatic carbocycles. The SMILES string of the molecule is O=C(c1ccc(CNc2c(F)cccc2F)cc1)N1CCCC1. The zero-order chi connectivity index (χ0) is 16.2. The number of anilines is 1. The molecule has 1 N–H and O–H groups in total. The van der Waals surface area contributed by atoms with E-state index in [0.29, 0.717) is 5.56 Å². The van der Waals surface area contributed by atoms with E-state index in [1.165, 1.54) is 18.2 Å². The van der Waals surface area contributed by atoms with Crippen LogP contribution in [0.4, 0.5) is 14.5 Å². The second-order valence-corrected chi connectivity index (χ2v) is 5.65. The van der Waals surface area contributed by atoms with Gasteiger partial charge in [0.15, 0.2) is 0 Å². The minimum Gasteiger partial charge on any atom is -0.376 e. The quantitative estimate of drug-likeness (QED) is 0.930. The molecule has 0 bridgehead atoms. The van der Waals surface area contributed by atoms with Gasteiger partial charge < -0.3 is 10.2 Å². The second kappa shape index (κ2) is 6.77. The Bertz CT molecular complexity index is 674. The first-order valence-electron chi connectivity index (χ1n) is 7.71. The van der Waals surface area contributed by atoms with E-state index < -0.39 is 11.6 Å². The highest BCUT2D eigenvalue weighted by atomic mass is 19.1. The van der Waals surface area contributed by atoms with Crippen LogP contribution < -0.4 is 5.32 Å². The van der Waals surface area contributed by atoms with Crippen molar-refractivity contribution in [1.82, 2.24) is 4.90 Å². The summed E-state index contributed by atoms with van der Waals surface area (Å²) in [5, 5.41) is 2.76. The highest BCUT2D eigenvalue weighted by Gasteiger charge is 2.19. The predicted molar refractivity (Wildman–Crippen MR) is 85.3 cm³/mol. The fraction of sp³-hybridized carbons (Fsp3) is 0.278. The van der Waals surface area contributed by atoms with E-state index in [0.717, 1.165) is 31.5 Å². The summed E-state index contributed by atoms with van der Waals surface area (Å²) in [6, 6.07) is 10.9. The summed E-state index contributed by atoms with van der Waals surface area (Å²) in [6.07, 6.45) is 2.11. The summed E-state index contributed by atoms with van der Waals surface area (Å²) >= 11 is 0. The molecule has 0 unspecified atom stereocenters. The maximum absolute atomic E-state index is 13.5. The van der Waals surface area contributed by atoms with Crippen molar-refractivity contribution in [2.45, 2.75) is 19.4 Å². The molecule has 3 rings (SSSR count). The Hall–Kier alpha value is -2.43. The molecule has 1 fully saturated rings. The van der Waals surface area contributed by atoms with Gasteiger partial charge in [0.25, 0.3) is 5.91 Å². The van der Waals surface area contributed by atoms with E-state index in [-0.39, 0.29) is 18.1 Å². The van der Waals surface area contributed by atoms with Crippen molar-refractivity contribution >= 4 is 11.6 Å². The zero-order valence-corrected chi connectivity index (χ0v) is 12.7. The lowest BCUT2D eigenvalue weighted by molar-refractivity contribution is 0.0793. The first-order chi connectivity index (χ1) is 11.1. The lowest BCUT2D eigenvalue weighted by atomic mass is 10.1. The van der Waals surface area contributed by atoms with Gasteiger partial charge in [-0.2, -0.15) is 0 Å². The van der Waals surface area contributed by atoms with Crippen LogP contribution in [0.25, 0.3) is 0 Å². The molecule has 2 aromatic carbocycles. The minimum atomic E-state index is -0.620. The van der Waals surface area contributed by atoms with E-state index in [4.69, 9.17) is 0 Å². The third-order valence-electron chi connectivity index (χ3n) is 4.03. The minimum absolute atomic E-state index is 0.0437. The van der Waals surface area contributed by atoms with Crippen molar-refractivity contribution in [3.63, 3.8) is 0 Å². The molecule has 3 nitrogen and oxygen atoms in total. The molecule has 0 atom stereocenters. The average molecular weight is 316 g/mol. The summed E-state index contributed by atoms with van der Waals surface area (Å²) < 4.78 is 27.1. The Morgan fingerprint density at radius 2 is 1.61 bits per heavy atom. The van der Waals surface area contributed by atoms with Gasteiger partial charge in [-0.1, -0.05) is 18.2 Å². The summed E-state index contributed by atoms with van der Waals surface area (Å²) in [7, 11) is 0. The van der Waals surface area contributed by atoms with Crippen LogP contribution in [0, 0.1) is 11.6 Å². The van der Waals surface area contributed by atoms with Crippen LogP contribution in [0.3, 0.4) is 0 Å². The van der Waals surface area contributed by atoms with Crippen LogP contribution in [-0.2, 0) is 6.54 Å². The van der Waals surface area contributed by atoms with Crippen molar-refractivity contribution in [2.75, 3.05) is 18.4 Å². The third-order valence-corrected chi connectivity index (χ3v) is 4.03. The first kappa shape index (κ1) is 15.5. The number of hydrogen-bond donors (Lipinski definition) is 1. The number of benzene rings is 2. The van der Waals surface area contributed by atoms with Crippen molar-refractivity contribution in [1.29, 1.82) is 0 Å². The van der Waals surface area contributed by atoms with Gasteiger partial charge in [0, 0.05) is 25.2 Å². The molecule has 1 aliphatic heterocycles. The molecule has 23 heavy (non-hydrogen) atoms. The summed E-state index contributed by atoms with van der Waals surface area (Å²) in [6.45, 7) is 1.92. The van der Waals surface area contributed by atoms with E-state index in [9.17, 15) is 13.6 Å². The molecule has 0 radical (unpaired) electrons. The number of likely N-dealkylation sites (tertiary alicyclic amines) is 1. The number of carbonyl (C=O) groups is 1. The smallest absolute Gasteiger partial charge is 0.253 e. The van der Waals surface area contributed by atoms with Gasteiger partial charge in [-0.25, -0.2) is 8.78 Å². The summed E-state index contributed by atoms with van der Waals surface area (Å²) in [4.78, 5) is 14.1. The number of hydrogen-bond acceptors (Lipinski definition) is 2. The fourth-order valence-corrected chi connectivity index (χ4v) is 2.73. The molecule has 0 saturated carbocycles. The molecule has 120 valence electrons. The Labute approximate surface area is 133 Å². The normalized spacial score (nSPS) is 14.1. The molecule has 1 saturated heterocycles. The van der Waals surface area contributed by atoms with Crippen LogP contribution in [0.1, 0.15) is 28.8 Å². The number of nitrogens with one attached hydrogen (secondary N) is 1. The van der Waals surface area contributed by atoms with Gasteiger partial charge in [-0.05, 0) is 42.7 Å². The zero-order valence-electron chi connectivity index (χ0n) is 12.7. The number of rotatable bonds is 4. The van der Waals surface area contributed by atoms with E-state index in [1.54, 1.807) is 24.3 Å². The van der Waals surface area contributed by atoms with Crippen LogP contribution in [0.2, 0.25) is 0 Å². The van der Waals surface area contributed by atoms with Gasteiger partial charge >= 0.3 is 0 Å². The molecule has 0 spiro atoms. The van der Waals surface area contributed by atoms with Crippen molar-refractivity contribution in [3.8, 4) is 0 Å². The number of amides is 1. The number of nitrogens with zero attached hydrogens (tertiary/aromatic N) is 1. The molecular formula is C18H18F2N2O. The van der Waals surface area contributed by atoms with Crippen LogP contribution in [-0.4, -0.2) is 23.9 Å². The van der Waals surface area contributed by atoms with E-state index in [2.05, 4.69) is 5.32 Å². The highest BCUT2D eigenvalue weighted by molar-refractivity contribution is 5.94. The Kier molecular flexibility index (Phi) is 4.55. The monoisotopic (exact) mass is 316 g/mol. The fourth-order valence-electron chi connectivity index (χ4n) is 2.73. The van der Waals surface area contributed by atoms with Gasteiger partial charge in [-0.3, -0.25) is 4.79 Å². The Morgan fingerprint density at radius 3 is 2.22 bits per heavy atom. The van der Waals surface area contributed by atoms with Crippen LogP contribution in [0.5, 0.6) is 0 Å². The standard InChI is InChI=1S/C18H18F2N2O/c19-15-4-3-5-16(20)17(15)21-12-13-6-8-14(9-7-13)18(23)22-10-1-2-11-22/h3-9,21H,1-2,10-12H2. The molecule has 5 heteroatoms. The summed E-state index contributed by atoms with van der Waals surface area (Å²) in [5.74, 6) is -1.20. The Morgan fingerprint density at radius 1 is 1.00 bits per heavy atom. The number of halogens is 2. The lowest BCUT2D eigenvalue weighted by Crippen LogP contribution is -2.27. The second-order valence-electron chi connectivity index (χ2n) is 5.65. The van der Waals surface area contributed by atoms with Gasteiger partial charge in [0.05, 0.1) is 0 Å². The van der Waals surface area contributed by atoms with E-state index >= 15 is 0 Å². The molecule has 0 aromatic heterocycles. The van der Waals surface area contributed by atoms with Crippen LogP contribution in [0.15, 0.2) is 42.5 Å². The van der Waals surface area contributed by atoms with Gasteiger partial charge in [0.2, 0.25) is 0 Å². The van der Waals surface area contributed by atoms with Crippen molar-refractivity contribution in [2.24, 2.45) is 0 Å². The lowest BCUT2D eigenvalue weighted by Gasteiger charge is -2.15. The number of carbonyl (C=O) groups excluding carboxylic acids is 1. The third kappa shape index (κ3) is 3.50. The molecule has 1 amide bonds. The predicted octanol–water partition coefficient (Wildman–Crippen LogP) is 3.81. The Balaban J connectivity index is 1.64. The summed E-state index contributed by atoms with van der Waals surface area (Å²) in [5.41, 5.74) is 1.36. The maximum Gasteiger partial charge on any atom is 0.253 e. The van der Waals surface area contributed by atoms with E-state index in [1.807, 2.05) is 4.90 Å². The maximum atomic E-state index is 13.5. The molecule has 1 heterocycles. The first-order valence-corrected chi connectivity index (χ1v) is 7.71. The molecule has 1 aliphatic rings. The van der Waals surface area contributed by atoms with Crippen molar-refractivity contribution in [3.05, 3.63) is 65.2 Å². The number of para-hydroxylation sites is 1. The van der Waals surface area contributed by atoms with Crippen LogP contribution >= 0.6 is 0 Å². The van der Waals surface area contributed by atoms with Crippen molar-refractivity contribution < 1.29 is 13.6 Å². The molecule has 2 aromatic rings. The largest absolute Gasteiger partial charge is 0.376 e.